The van der Waals surface area contributed by atoms with E-state index in [0.29, 0.717) is 0 Å². The fourth-order valence-electron chi connectivity index (χ4n) is 4.54. The number of methoxy groups -OCH3 is 1. The Hall–Kier alpha value is -1.77. The van der Waals surface area contributed by atoms with Gasteiger partial charge in [0.25, 0.3) is 0 Å². The van der Waals surface area contributed by atoms with Crippen LogP contribution in [0.2, 0.25) is 0 Å². The average molecular weight is 673 g/mol. The van der Waals surface area contributed by atoms with Crippen LogP contribution in [-0.2, 0) is 43.9 Å². The van der Waals surface area contributed by atoms with Crippen molar-refractivity contribution >= 4 is 37.8 Å². The van der Waals surface area contributed by atoms with E-state index in [1.807, 2.05) is 0 Å². The minimum atomic E-state index is -5.48. The van der Waals surface area contributed by atoms with Crippen molar-refractivity contribution in [3.8, 4) is 12.3 Å². The van der Waals surface area contributed by atoms with E-state index in [9.17, 15) is 39.9 Å². The number of imidazole rings is 1. The number of nitrogens with zero attached hydrogens (tertiary/aromatic N) is 4. The summed E-state index contributed by atoms with van der Waals surface area (Å²) in [4.78, 5) is 28.6. The second kappa shape index (κ2) is 12.9. The van der Waals surface area contributed by atoms with E-state index in [1.54, 1.807) is 0 Å². The zero-order valence-electron chi connectivity index (χ0n) is 21.9. The van der Waals surface area contributed by atoms with Gasteiger partial charge < -0.3 is 64.9 Å². The second-order valence-corrected chi connectivity index (χ2v) is 13.7. The molecule has 0 amide bonds. The molecule has 12 atom stereocenters. The quantitative estimate of drug-likeness (QED) is 0.0812. The highest BCUT2D eigenvalue weighted by molar-refractivity contribution is 8.08. The molecule has 20 nitrogen and oxygen atoms in total. The van der Waals surface area contributed by atoms with Gasteiger partial charge in [-0.25, -0.2) is 23.4 Å². The third-order valence-corrected chi connectivity index (χ3v) is 10.2. The van der Waals surface area contributed by atoms with Gasteiger partial charge in [-0.2, -0.15) is 5.10 Å². The molecule has 0 spiro atoms. The number of aromatic nitrogens is 4. The third kappa shape index (κ3) is 6.62. The number of nitrogens with two attached hydrogens (primary N) is 1. The molecule has 43 heavy (non-hydrogen) atoms. The predicted molar refractivity (Wildman–Crippen MR) is 142 cm³/mol. The molecule has 0 aliphatic carbocycles. The lowest BCUT2D eigenvalue weighted by atomic mass is 9.89. The first-order chi connectivity index (χ1) is 20.1. The first-order valence-electron chi connectivity index (χ1n) is 12.1. The van der Waals surface area contributed by atoms with Crippen molar-refractivity contribution in [2.45, 2.75) is 60.7 Å². The summed E-state index contributed by atoms with van der Waals surface area (Å²) >= 11 is 4.78. The van der Waals surface area contributed by atoms with E-state index < -0.39 is 88.5 Å². The maximum Gasteiger partial charge on any atom is 0.481 e. The predicted octanol–water partition coefficient (Wildman–Crippen LogP) is -3.95. The van der Waals surface area contributed by atoms with Crippen molar-refractivity contribution in [1.82, 2.24) is 19.6 Å². The van der Waals surface area contributed by atoms with Crippen molar-refractivity contribution in [2.75, 3.05) is 26.1 Å². The Kier molecular flexibility index (Phi) is 10.2. The standard InChI is InChI=1S/C20H29N5O15P2S/c1-3-20(35-2)15(31)10(37-16(20)8-4-22-18-17(21)23-7-24-25(8)18)6-36-42(34,43)40-41(32,33)39-19-13(30)11(28)12(29)14(38-19)9(27)5-26/h1,4,7,9-16,19,26-31H,5-6H2,2H3,(H,32,33)(H,34,43)(H2,21,23,24)/t9-,10+,11?,12?,13?,14?,15+,16-,19?,20+,42?/m0/s1. The summed E-state index contributed by atoms with van der Waals surface area (Å²) in [5.41, 5.74) is 4.32. The monoisotopic (exact) mass is 673 g/mol. The summed E-state index contributed by atoms with van der Waals surface area (Å²) in [6.07, 6.45) is -7.98. The van der Waals surface area contributed by atoms with Crippen LogP contribution in [-0.4, -0.2) is 135 Å². The lowest BCUT2D eigenvalue weighted by molar-refractivity contribution is -0.292. The topological polar surface area (TPSA) is 303 Å². The van der Waals surface area contributed by atoms with Crippen molar-refractivity contribution in [3.05, 3.63) is 18.2 Å². The number of fused-ring (bicyclic) bond motifs is 1. The molecule has 7 unspecified atom stereocenters. The van der Waals surface area contributed by atoms with Gasteiger partial charge in [-0.05, 0) is 11.8 Å². The number of hydrogen-bond acceptors (Lipinski definition) is 18. The molecule has 2 aromatic rings. The minimum absolute atomic E-state index is 0.0362. The van der Waals surface area contributed by atoms with Crippen LogP contribution in [0, 0.1) is 12.3 Å². The van der Waals surface area contributed by atoms with Crippen LogP contribution in [0.15, 0.2) is 12.5 Å². The number of aliphatic hydroxyl groups excluding tert-OH is 6. The minimum Gasteiger partial charge on any atom is -0.394 e. The van der Waals surface area contributed by atoms with Crippen molar-refractivity contribution in [1.29, 1.82) is 0 Å². The van der Waals surface area contributed by atoms with Gasteiger partial charge >= 0.3 is 14.5 Å². The molecule has 2 aliphatic heterocycles. The first-order valence-corrected chi connectivity index (χ1v) is 16.2. The fraction of sp³-hybridized carbons (Fsp3) is 0.650. The third-order valence-electron chi connectivity index (χ3n) is 6.70. The summed E-state index contributed by atoms with van der Waals surface area (Å²) in [6.45, 7) is -6.44. The normalized spacial score (nSPS) is 36.6. The molecule has 240 valence electrons. The number of nitrogen functional groups attached to an aromatic ring is 1. The molecule has 0 bridgehead atoms. The lowest BCUT2D eigenvalue weighted by Crippen LogP contribution is -2.61. The number of phosphoric ester groups is 1. The summed E-state index contributed by atoms with van der Waals surface area (Å²) in [7, 11) is -4.27. The molecule has 0 saturated carbocycles. The number of anilines is 1. The van der Waals surface area contributed by atoms with Crippen LogP contribution >= 0.6 is 14.5 Å². The zero-order valence-corrected chi connectivity index (χ0v) is 24.6. The molecule has 23 heteroatoms. The van der Waals surface area contributed by atoms with Crippen LogP contribution < -0.4 is 5.73 Å². The smallest absolute Gasteiger partial charge is 0.394 e. The van der Waals surface area contributed by atoms with Crippen LogP contribution in [0.25, 0.3) is 5.65 Å². The van der Waals surface area contributed by atoms with E-state index in [4.69, 9.17) is 47.8 Å². The SMILES string of the molecule is C#C[C@@]1(OC)[C@H](O)[C@@H](COP(O)(=S)OP(=O)(O)OC2OC([C@@H](O)CO)C(O)C(O)C2O)O[C@H]1c1cnc2c(N)ncnn12. The van der Waals surface area contributed by atoms with Crippen LogP contribution in [0.1, 0.15) is 11.8 Å². The van der Waals surface area contributed by atoms with Gasteiger partial charge in [0.15, 0.2) is 23.4 Å². The fourth-order valence-corrected chi connectivity index (χ4v) is 7.63. The number of aliphatic hydroxyl groups is 6. The molecule has 10 N–H and O–H groups in total. The van der Waals surface area contributed by atoms with E-state index in [2.05, 4.69) is 29.8 Å². The second-order valence-electron chi connectivity index (χ2n) is 9.32. The summed E-state index contributed by atoms with van der Waals surface area (Å²) in [5.74, 6) is 2.37. The van der Waals surface area contributed by atoms with Crippen LogP contribution in [0.5, 0.6) is 0 Å². The summed E-state index contributed by atoms with van der Waals surface area (Å²) in [5, 5.41) is 64.1. The Morgan fingerprint density at radius 1 is 1.23 bits per heavy atom. The van der Waals surface area contributed by atoms with Gasteiger partial charge in [0.1, 0.15) is 55.2 Å². The molecular weight excluding hydrogens is 644 g/mol. The highest BCUT2D eigenvalue weighted by atomic mass is 32.5. The van der Waals surface area contributed by atoms with E-state index >= 15 is 0 Å². The summed E-state index contributed by atoms with van der Waals surface area (Å²) in [6, 6.07) is 0. The van der Waals surface area contributed by atoms with E-state index in [1.165, 1.54) is 17.8 Å². The average Bonchev–Trinajstić information content (AvgIpc) is 3.50. The molecule has 2 aliphatic rings. The Balaban J connectivity index is 1.46. The number of rotatable bonds is 11. The van der Waals surface area contributed by atoms with Crippen LogP contribution in [0.4, 0.5) is 5.82 Å². The first kappa shape index (κ1) is 34.1. The molecule has 4 heterocycles. The Bertz CT molecular complexity index is 1450. The maximum atomic E-state index is 12.6. The van der Waals surface area contributed by atoms with Gasteiger partial charge in [0.05, 0.1) is 25.1 Å². The van der Waals surface area contributed by atoms with Gasteiger partial charge in [-0.15, -0.1) is 6.42 Å². The molecule has 2 aromatic heterocycles. The molecule has 4 rings (SSSR count). The Labute approximate surface area is 247 Å². The van der Waals surface area contributed by atoms with Gasteiger partial charge in [0, 0.05) is 7.11 Å². The van der Waals surface area contributed by atoms with Gasteiger partial charge in [-0.1, -0.05) is 5.92 Å². The number of hydrogen-bond donors (Lipinski definition) is 9. The molecule has 0 radical (unpaired) electrons. The molecule has 2 saturated heterocycles. The van der Waals surface area contributed by atoms with Gasteiger partial charge in [0.2, 0.25) is 0 Å². The highest BCUT2D eigenvalue weighted by Gasteiger charge is 2.58. The van der Waals surface area contributed by atoms with E-state index in [0.717, 1.165) is 6.33 Å². The Morgan fingerprint density at radius 3 is 2.56 bits per heavy atom. The number of terminal acetylenes is 1. The summed E-state index contributed by atoms with van der Waals surface area (Å²) < 4.78 is 44.6. The van der Waals surface area contributed by atoms with Crippen molar-refractivity contribution < 1.29 is 72.6 Å². The van der Waals surface area contributed by atoms with E-state index in [-0.39, 0.29) is 17.2 Å². The maximum absolute atomic E-state index is 12.6. The largest absolute Gasteiger partial charge is 0.481 e. The molecule has 2 fully saturated rings. The number of ether oxygens (including phenoxy) is 3. The van der Waals surface area contributed by atoms with Crippen molar-refractivity contribution in [3.63, 3.8) is 0 Å². The van der Waals surface area contributed by atoms with Gasteiger partial charge in [-0.3, -0.25) is 4.52 Å². The lowest BCUT2D eigenvalue weighted by Gasteiger charge is -2.41. The van der Waals surface area contributed by atoms with Crippen LogP contribution in [0.3, 0.4) is 0 Å². The number of phosphoric acid groups is 1. The molecular formula is C20H29N5O15P2S. The highest BCUT2D eigenvalue weighted by Crippen LogP contribution is 2.62. The molecule has 0 aromatic carbocycles. The van der Waals surface area contributed by atoms with Crippen molar-refractivity contribution in [2.24, 2.45) is 0 Å². The Morgan fingerprint density at radius 2 is 1.93 bits per heavy atom. The zero-order chi connectivity index (χ0) is 31.9.